The lowest BCUT2D eigenvalue weighted by Gasteiger charge is -2.17. The van der Waals surface area contributed by atoms with E-state index in [9.17, 15) is 9.59 Å². The standard InChI is InChI=1S/C14H14N2O2/c1-8-4-5-11(7-15)6-12(8)16-13(17)9(2)10(3)14(16)18/h4-6,9-10H,1-3H3. The Bertz CT molecular complexity index is 552. The van der Waals surface area contributed by atoms with E-state index in [-0.39, 0.29) is 23.7 Å². The molecule has 0 spiro atoms. The highest BCUT2D eigenvalue weighted by molar-refractivity contribution is 6.22. The maximum Gasteiger partial charge on any atom is 0.237 e. The minimum Gasteiger partial charge on any atom is -0.274 e. The third-order valence-electron chi connectivity index (χ3n) is 3.55. The second kappa shape index (κ2) is 4.26. The lowest BCUT2D eigenvalue weighted by molar-refractivity contribution is -0.122. The number of anilines is 1. The van der Waals surface area contributed by atoms with Gasteiger partial charge in [-0.3, -0.25) is 9.59 Å². The molecule has 1 aromatic carbocycles. The molecule has 1 saturated heterocycles. The molecule has 1 aliphatic heterocycles. The number of carbonyl (C=O) groups excluding carboxylic acids is 2. The van der Waals surface area contributed by atoms with Gasteiger partial charge in [0.15, 0.2) is 0 Å². The zero-order chi connectivity index (χ0) is 13.4. The van der Waals surface area contributed by atoms with Gasteiger partial charge in [-0.2, -0.15) is 5.26 Å². The molecule has 0 saturated carbocycles. The molecular formula is C14H14N2O2. The SMILES string of the molecule is Cc1ccc(C#N)cc1N1C(=O)C(C)C(C)C1=O. The summed E-state index contributed by atoms with van der Waals surface area (Å²) >= 11 is 0. The quantitative estimate of drug-likeness (QED) is 0.708. The molecule has 1 aliphatic rings. The van der Waals surface area contributed by atoms with Crippen LogP contribution >= 0.6 is 0 Å². The van der Waals surface area contributed by atoms with E-state index in [0.29, 0.717) is 11.3 Å². The summed E-state index contributed by atoms with van der Waals surface area (Å²) in [6.45, 7) is 5.34. The van der Waals surface area contributed by atoms with Crippen molar-refractivity contribution in [1.29, 1.82) is 5.26 Å². The molecule has 0 bridgehead atoms. The lowest BCUT2D eigenvalue weighted by atomic mass is 10.00. The maximum atomic E-state index is 12.1. The molecule has 4 nitrogen and oxygen atoms in total. The van der Waals surface area contributed by atoms with Crippen molar-refractivity contribution in [2.24, 2.45) is 11.8 Å². The van der Waals surface area contributed by atoms with Crippen molar-refractivity contribution >= 4 is 17.5 Å². The van der Waals surface area contributed by atoms with Gasteiger partial charge in [0.05, 0.1) is 17.3 Å². The highest BCUT2D eigenvalue weighted by Gasteiger charge is 2.43. The fourth-order valence-electron chi connectivity index (χ4n) is 2.10. The third-order valence-corrected chi connectivity index (χ3v) is 3.55. The van der Waals surface area contributed by atoms with Gasteiger partial charge in [0.25, 0.3) is 0 Å². The number of rotatable bonds is 1. The van der Waals surface area contributed by atoms with Crippen molar-refractivity contribution in [1.82, 2.24) is 0 Å². The first-order chi connectivity index (χ1) is 8.47. The van der Waals surface area contributed by atoms with E-state index in [2.05, 4.69) is 0 Å². The zero-order valence-corrected chi connectivity index (χ0v) is 10.6. The van der Waals surface area contributed by atoms with E-state index in [1.54, 1.807) is 32.0 Å². The van der Waals surface area contributed by atoms with Crippen LogP contribution in [0.15, 0.2) is 18.2 Å². The number of hydrogen-bond donors (Lipinski definition) is 0. The van der Waals surface area contributed by atoms with Gasteiger partial charge in [-0.1, -0.05) is 19.9 Å². The van der Waals surface area contributed by atoms with E-state index in [1.807, 2.05) is 13.0 Å². The lowest BCUT2D eigenvalue weighted by Crippen LogP contribution is -2.31. The number of nitrogens with zero attached hydrogens (tertiary/aromatic N) is 2. The monoisotopic (exact) mass is 242 g/mol. The number of imide groups is 1. The Balaban J connectivity index is 2.53. The molecule has 2 atom stereocenters. The van der Waals surface area contributed by atoms with Gasteiger partial charge in [0, 0.05) is 11.8 Å². The molecule has 92 valence electrons. The second-order valence-corrected chi connectivity index (χ2v) is 4.70. The first-order valence-corrected chi connectivity index (χ1v) is 5.86. The highest BCUT2D eigenvalue weighted by Crippen LogP contribution is 2.32. The summed E-state index contributed by atoms with van der Waals surface area (Å²) in [6.07, 6.45) is 0. The average Bonchev–Trinajstić information content (AvgIpc) is 2.55. The van der Waals surface area contributed by atoms with Crippen LogP contribution in [0.2, 0.25) is 0 Å². The van der Waals surface area contributed by atoms with E-state index in [4.69, 9.17) is 5.26 Å². The summed E-state index contributed by atoms with van der Waals surface area (Å²) in [7, 11) is 0. The Morgan fingerprint density at radius 2 is 1.72 bits per heavy atom. The molecule has 0 radical (unpaired) electrons. The first kappa shape index (κ1) is 12.3. The molecule has 2 unspecified atom stereocenters. The third kappa shape index (κ3) is 1.68. The summed E-state index contributed by atoms with van der Waals surface area (Å²) in [5, 5.41) is 8.89. The molecule has 1 fully saturated rings. The Labute approximate surface area is 106 Å². The predicted octanol–water partition coefficient (Wildman–Crippen LogP) is 2.01. The predicted molar refractivity (Wildman–Crippen MR) is 66.7 cm³/mol. The number of amides is 2. The van der Waals surface area contributed by atoms with Crippen molar-refractivity contribution in [3.05, 3.63) is 29.3 Å². The number of nitriles is 1. The number of benzene rings is 1. The Kier molecular flexibility index (Phi) is 2.92. The van der Waals surface area contributed by atoms with Gasteiger partial charge in [-0.25, -0.2) is 4.90 Å². The van der Waals surface area contributed by atoms with Gasteiger partial charge in [-0.05, 0) is 24.6 Å². The van der Waals surface area contributed by atoms with Crippen molar-refractivity contribution in [3.8, 4) is 6.07 Å². The van der Waals surface area contributed by atoms with Crippen LogP contribution in [0.4, 0.5) is 5.69 Å². The molecule has 1 aromatic rings. The van der Waals surface area contributed by atoms with E-state index >= 15 is 0 Å². The fraction of sp³-hybridized carbons (Fsp3) is 0.357. The maximum absolute atomic E-state index is 12.1. The van der Waals surface area contributed by atoms with Gasteiger partial charge < -0.3 is 0 Å². The van der Waals surface area contributed by atoms with E-state index < -0.39 is 0 Å². The van der Waals surface area contributed by atoms with Crippen molar-refractivity contribution < 1.29 is 9.59 Å². The van der Waals surface area contributed by atoms with Crippen LogP contribution in [0.1, 0.15) is 25.0 Å². The molecule has 18 heavy (non-hydrogen) atoms. The summed E-state index contributed by atoms with van der Waals surface area (Å²) in [4.78, 5) is 25.4. The molecule has 1 heterocycles. The molecule has 0 N–H and O–H groups in total. The van der Waals surface area contributed by atoms with Crippen LogP contribution in [0.25, 0.3) is 0 Å². The molecule has 4 heteroatoms. The minimum absolute atomic E-state index is 0.189. The largest absolute Gasteiger partial charge is 0.274 e. The molecule has 2 rings (SSSR count). The normalized spacial score (nSPS) is 23.3. The average molecular weight is 242 g/mol. The van der Waals surface area contributed by atoms with Crippen LogP contribution in [0.3, 0.4) is 0 Å². The van der Waals surface area contributed by atoms with Crippen LogP contribution in [-0.2, 0) is 9.59 Å². The van der Waals surface area contributed by atoms with Crippen LogP contribution < -0.4 is 4.90 Å². The van der Waals surface area contributed by atoms with Crippen molar-refractivity contribution in [2.45, 2.75) is 20.8 Å². The zero-order valence-electron chi connectivity index (χ0n) is 10.6. The molecule has 0 aliphatic carbocycles. The number of hydrogen-bond acceptors (Lipinski definition) is 3. The van der Waals surface area contributed by atoms with Crippen LogP contribution in [0.5, 0.6) is 0 Å². The molecule has 2 amide bonds. The van der Waals surface area contributed by atoms with Gasteiger partial charge in [-0.15, -0.1) is 0 Å². The topological polar surface area (TPSA) is 61.2 Å². The molecule has 0 aromatic heterocycles. The summed E-state index contributed by atoms with van der Waals surface area (Å²) in [5.74, 6) is -0.985. The smallest absolute Gasteiger partial charge is 0.237 e. The molecular weight excluding hydrogens is 228 g/mol. The van der Waals surface area contributed by atoms with Crippen LogP contribution in [0, 0.1) is 30.1 Å². The van der Waals surface area contributed by atoms with Gasteiger partial charge in [0.2, 0.25) is 11.8 Å². The van der Waals surface area contributed by atoms with Crippen LogP contribution in [-0.4, -0.2) is 11.8 Å². The van der Waals surface area contributed by atoms with Gasteiger partial charge in [0.1, 0.15) is 0 Å². The minimum atomic E-state index is -0.303. The van der Waals surface area contributed by atoms with E-state index in [1.165, 1.54) is 4.90 Å². The fourth-order valence-corrected chi connectivity index (χ4v) is 2.10. The first-order valence-electron chi connectivity index (χ1n) is 5.86. The Morgan fingerprint density at radius 1 is 1.17 bits per heavy atom. The summed E-state index contributed by atoms with van der Waals surface area (Å²) < 4.78 is 0. The summed E-state index contributed by atoms with van der Waals surface area (Å²) in [6, 6.07) is 7.04. The van der Waals surface area contributed by atoms with E-state index in [0.717, 1.165) is 5.56 Å². The van der Waals surface area contributed by atoms with Gasteiger partial charge >= 0.3 is 0 Å². The Morgan fingerprint density at radius 3 is 2.22 bits per heavy atom. The number of carbonyl (C=O) groups is 2. The van der Waals surface area contributed by atoms with Crippen molar-refractivity contribution in [2.75, 3.05) is 4.90 Å². The Hall–Kier alpha value is -2.15. The number of aryl methyl sites for hydroxylation is 1. The summed E-state index contributed by atoms with van der Waals surface area (Å²) in [5.41, 5.74) is 1.79. The second-order valence-electron chi connectivity index (χ2n) is 4.70. The van der Waals surface area contributed by atoms with Crippen molar-refractivity contribution in [3.63, 3.8) is 0 Å². The highest BCUT2D eigenvalue weighted by atomic mass is 16.2.